The van der Waals surface area contributed by atoms with Gasteiger partial charge in [0.25, 0.3) is 0 Å². The summed E-state index contributed by atoms with van der Waals surface area (Å²) in [6.45, 7) is 1.93. The van der Waals surface area contributed by atoms with Crippen molar-refractivity contribution in [3.63, 3.8) is 0 Å². The summed E-state index contributed by atoms with van der Waals surface area (Å²) in [5, 5.41) is 2.82. The molecule has 0 radical (unpaired) electrons. The van der Waals surface area contributed by atoms with Crippen molar-refractivity contribution in [3.8, 4) is 0 Å². The van der Waals surface area contributed by atoms with Crippen LogP contribution in [0.1, 0.15) is 31.2 Å². The lowest BCUT2D eigenvalue weighted by atomic mass is 9.86. The van der Waals surface area contributed by atoms with E-state index in [1.54, 1.807) is 0 Å². The van der Waals surface area contributed by atoms with Crippen LogP contribution < -0.4 is 5.32 Å². The highest BCUT2D eigenvalue weighted by atomic mass is 79.9. The van der Waals surface area contributed by atoms with E-state index >= 15 is 0 Å². The fourth-order valence-corrected chi connectivity index (χ4v) is 2.62. The van der Waals surface area contributed by atoms with E-state index in [9.17, 15) is 13.6 Å². The maximum Gasteiger partial charge on any atom is 0.248 e. The normalized spacial score (nSPS) is 19.2. The largest absolute Gasteiger partial charge is 0.325 e. The third-order valence-electron chi connectivity index (χ3n) is 3.47. The molecule has 0 aliphatic heterocycles. The number of rotatable bonds is 2. The first-order valence-electron chi connectivity index (χ1n) is 6.32. The van der Waals surface area contributed by atoms with Crippen molar-refractivity contribution >= 4 is 27.5 Å². The Bertz CT molecular complexity index is 480. The van der Waals surface area contributed by atoms with E-state index in [0.717, 1.165) is 10.0 Å². The molecule has 1 saturated carbocycles. The molecule has 1 fully saturated rings. The van der Waals surface area contributed by atoms with Crippen LogP contribution in [0.25, 0.3) is 0 Å². The van der Waals surface area contributed by atoms with E-state index in [-0.39, 0.29) is 37.5 Å². The molecule has 104 valence electrons. The Morgan fingerprint density at radius 1 is 1.37 bits per heavy atom. The summed E-state index contributed by atoms with van der Waals surface area (Å²) >= 11 is 3.37. The summed E-state index contributed by atoms with van der Waals surface area (Å²) in [6, 6.07) is 5.65. The van der Waals surface area contributed by atoms with E-state index < -0.39 is 5.92 Å². The first-order chi connectivity index (χ1) is 8.87. The van der Waals surface area contributed by atoms with Crippen LogP contribution in [0.4, 0.5) is 14.5 Å². The number of anilines is 1. The van der Waals surface area contributed by atoms with Crippen molar-refractivity contribution in [2.24, 2.45) is 5.92 Å². The predicted molar refractivity (Wildman–Crippen MR) is 74.4 cm³/mol. The lowest BCUT2D eigenvalue weighted by molar-refractivity contribution is -0.124. The lowest BCUT2D eigenvalue weighted by Gasteiger charge is -2.27. The monoisotopic (exact) mass is 331 g/mol. The minimum Gasteiger partial charge on any atom is -0.325 e. The quantitative estimate of drug-likeness (QED) is 0.848. The van der Waals surface area contributed by atoms with Gasteiger partial charge in [-0.05, 0) is 53.4 Å². The summed E-state index contributed by atoms with van der Waals surface area (Å²) in [4.78, 5) is 12.1. The zero-order valence-electron chi connectivity index (χ0n) is 10.7. The second-order valence-electron chi connectivity index (χ2n) is 5.10. The first kappa shape index (κ1) is 14.4. The average Bonchev–Trinajstić information content (AvgIpc) is 2.33. The van der Waals surface area contributed by atoms with Crippen LogP contribution in [0.5, 0.6) is 0 Å². The molecule has 0 heterocycles. The molecule has 1 amide bonds. The van der Waals surface area contributed by atoms with Gasteiger partial charge in [0.2, 0.25) is 11.8 Å². The molecule has 1 N–H and O–H groups in total. The van der Waals surface area contributed by atoms with Gasteiger partial charge in [-0.3, -0.25) is 4.79 Å². The van der Waals surface area contributed by atoms with E-state index in [2.05, 4.69) is 21.2 Å². The number of carbonyl (C=O) groups is 1. The summed E-state index contributed by atoms with van der Waals surface area (Å²) in [6.07, 6.45) is 0.116. The molecule has 2 rings (SSSR count). The van der Waals surface area contributed by atoms with E-state index in [4.69, 9.17) is 0 Å². The Morgan fingerprint density at radius 2 is 2.00 bits per heavy atom. The molecule has 19 heavy (non-hydrogen) atoms. The van der Waals surface area contributed by atoms with Gasteiger partial charge in [0.05, 0.1) is 5.69 Å². The van der Waals surface area contributed by atoms with Crippen molar-refractivity contribution in [2.75, 3.05) is 5.32 Å². The molecular formula is C14H16BrF2NO. The third kappa shape index (κ3) is 3.75. The summed E-state index contributed by atoms with van der Waals surface area (Å²) in [7, 11) is 0. The number of hydrogen-bond donors (Lipinski definition) is 1. The van der Waals surface area contributed by atoms with Gasteiger partial charge in [-0.2, -0.15) is 0 Å². The highest BCUT2D eigenvalue weighted by Gasteiger charge is 2.37. The number of hydrogen-bond acceptors (Lipinski definition) is 1. The lowest BCUT2D eigenvalue weighted by Crippen LogP contribution is -2.31. The zero-order chi connectivity index (χ0) is 14.0. The molecule has 1 aliphatic rings. The molecule has 2 nitrogen and oxygen atoms in total. The Hall–Kier alpha value is -0.970. The first-order valence-corrected chi connectivity index (χ1v) is 7.11. The Kier molecular flexibility index (Phi) is 4.23. The minimum absolute atomic E-state index is 0.165. The number of halogens is 3. The summed E-state index contributed by atoms with van der Waals surface area (Å²) in [5.41, 5.74) is 1.73. The number of carbonyl (C=O) groups excluding carboxylic acids is 1. The van der Waals surface area contributed by atoms with Crippen molar-refractivity contribution in [3.05, 3.63) is 28.2 Å². The van der Waals surface area contributed by atoms with Gasteiger partial charge in [0, 0.05) is 23.2 Å². The van der Waals surface area contributed by atoms with Crippen molar-refractivity contribution < 1.29 is 13.6 Å². The van der Waals surface area contributed by atoms with Crippen LogP contribution in [0.15, 0.2) is 22.7 Å². The van der Waals surface area contributed by atoms with Gasteiger partial charge in [-0.25, -0.2) is 8.78 Å². The summed E-state index contributed by atoms with van der Waals surface area (Å²) in [5.74, 6) is -3.07. The molecule has 1 aromatic rings. The molecule has 1 aliphatic carbocycles. The molecule has 0 unspecified atom stereocenters. The maximum absolute atomic E-state index is 13.0. The van der Waals surface area contributed by atoms with E-state index in [1.807, 2.05) is 25.1 Å². The number of benzene rings is 1. The van der Waals surface area contributed by atoms with Crippen molar-refractivity contribution in [1.82, 2.24) is 0 Å². The van der Waals surface area contributed by atoms with E-state index in [1.165, 1.54) is 0 Å². The topological polar surface area (TPSA) is 29.1 Å². The fraction of sp³-hybridized carbons (Fsp3) is 0.500. The van der Waals surface area contributed by atoms with Gasteiger partial charge in [-0.1, -0.05) is 6.07 Å². The maximum atomic E-state index is 13.0. The van der Waals surface area contributed by atoms with Gasteiger partial charge < -0.3 is 5.32 Å². The molecule has 1 aromatic carbocycles. The molecule has 0 aromatic heterocycles. The molecule has 0 saturated heterocycles. The van der Waals surface area contributed by atoms with Gasteiger partial charge in [0.15, 0.2) is 0 Å². The standard InChI is InChI=1S/C14H16BrF2NO/c1-9-2-3-11(15)12(8-9)18-13(19)10-4-6-14(16,17)7-5-10/h2-3,8,10H,4-7H2,1H3,(H,18,19). The molecule has 5 heteroatoms. The van der Waals surface area contributed by atoms with Gasteiger partial charge >= 0.3 is 0 Å². The molecule has 0 atom stereocenters. The predicted octanol–water partition coefficient (Wildman–Crippen LogP) is 4.52. The van der Waals surface area contributed by atoms with Crippen LogP contribution in [0, 0.1) is 12.8 Å². The smallest absolute Gasteiger partial charge is 0.248 e. The van der Waals surface area contributed by atoms with Gasteiger partial charge in [-0.15, -0.1) is 0 Å². The second kappa shape index (κ2) is 5.57. The van der Waals surface area contributed by atoms with E-state index in [0.29, 0.717) is 5.69 Å². The third-order valence-corrected chi connectivity index (χ3v) is 4.16. The number of aryl methyl sites for hydroxylation is 1. The molecule has 0 spiro atoms. The number of nitrogens with one attached hydrogen (secondary N) is 1. The van der Waals surface area contributed by atoms with Crippen LogP contribution >= 0.6 is 15.9 Å². The van der Waals surface area contributed by atoms with Crippen molar-refractivity contribution in [1.29, 1.82) is 0 Å². The van der Waals surface area contributed by atoms with Crippen LogP contribution in [0.3, 0.4) is 0 Å². The van der Waals surface area contributed by atoms with Gasteiger partial charge in [0.1, 0.15) is 0 Å². The van der Waals surface area contributed by atoms with Crippen LogP contribution in [-0.4, -0.2) is 11.8 Å². The zero-order valence-corrected chi connectivity index (χ0v) is 12.3. The van der Waals surface area contributed by atoms with Crippen molar-refractivity contribution in [2.45, 2.75) is 38.5 Å². The Labute approximate surface area is 119 Å². The number of amides is 1. The SMILES string of the molecule is Cc1ccc(Br)c(NC(=O)C2CCC(F)(F)CC2)c1. The Morgan fingerprint density at radius 3 is 2.63 bits per heavy atom. The van der Waals surface area contributed by atoms with Crippen LogP contribution in [-0.2, 0) is 4.79 Å². The number of alkyl halides is 2. The summed E-state index contributed by atoms with van der Waals surface area (Å²) < 4.78 is 26.9. The molecule has 0 bridgehead atoms. The average molecular weight is 332 g/mol. The van der Waals surface area contributed by atoms with Crippen LogP contribution in [0.2, 0.25) is 0 Å². The Balaban J connectivity index is 2.00. The second-order valence-corrected chi connectivity index (χ2v) is 5.96. The minimum atomic E-state index is -2.60. The highest BCUT2D eigenvalue weighted by molar-refractivity contribution is 9.10. The highest BCUT2D eigenvalue weighted by Crippen LogP contribution is 2.36. The molecular weight excluding hydrogens is 316 g/mol. The fourth-order valence-electron chi connectivity index (χ4n) is 2.27.